The number of hydrogen-bond acceptors (Lipinski definition) is 3. The number of rotatable bonds is 11. The average Bonchev–Trinajstić information content (AvgIpc) is 3.45. The Hall–Kier alpha value is -3.77. The second kappa shape index (κ2) is 12.0. The lowest BCUT2D eigenvalue weighted by Crippen LogP contribution is -2.46. The Bertz CT molecular complexity index is 1310. The lowest BCUT2D eigenvalue weighted by molar-refractivity contribution is -0.115. The van der Waals surface area contributed by atoms with Crippen LogP contribution in [0.3, 0.4) is 0 Å². The van der Waals surface area contributed by atoms with E-state index in [0.717, 1.165) is 48.2 Å². The summed E-state index contributed by atoms with van der Waals surface area (Å²) < 4.78 is 13.6. The molecule has 192 valence electrons. The molecule has 1 heterocycles. The molecule has 0 radical (unpaired) electrons. The summed E-state index contributed by atoms with van der Waals surface area (Å²) >= 11 is 0. The lowest BCUT2D eigenvalue weighted by atomic mass is 9.81. The fourth-order valence-corrected chi connectivity index (χ4v) is 4.97. The zero-order chi connectivity index (χ0) is 26.3. The van der Waals surface area contributed by atoms with Crippen molar-refractivity contribution in [3.63, 3.8) is 0 Å². The highest BCUT2D eigenvalue weighted by Gasteiger charge is 2.30. The fraction of sp³-hybridized carbons (Fsp3) is 0.290. The molecule has 3 N–H and O–H groups in total. The van der Waals surface area contributed by atoms with Gasteiger partial charge in [-0.2, -0.15) is 0 Å². The maximum absolute atomic E-state index is 13.6. The highest BCUT2D eigenvalue weighted by molar-refractivity contribution is 5.92. The first-order valence-corrected chi connectivity index (χ1v) is 13.0. The summed E-state index contributed by atoms with van der Waals surface area (Å²) in [5.41, 5.74) is 5.26. The van der Waals surface area contributed by atoms with Crippen molar-refractivity contribution in [3.8, 4) is 22.5 Å². The molecule has 0 atom stereocenters. The first-order chi connectivity index (χ1) is 17.9. The SMILES string of the molecule is CCCC(CCC)(NCC(=O)Nc1ccc(F)c(C)c1)c1ccc(-c2cccc(-c3ncc[nH]3)c2)cc1. The summed E-state index contributed by atoms with van der Waals surface area (Å²) in [4.78, 5) is 20.3. The topological polar surface area (TPSA) is 69.8 Å². The molecule has 5 nitrogen and oxygen atoms in total. The number of aromatic amines is 1. The number of carbonyl (C=O) groups is 1. The van der Waals surface area contributed by atoms with Crippen molar-refractivity contribution in [2.75, 3.05) is 11.9 Å². The number of halogens is 1. The minimum Gasteiger partial charge on any atom is -0.345 e. The van der Waals surface area contributed by atoms with Gasteiger partial charge in [0.1, 0.15) is 11.6 Å². The number of H-pyrrole nitrogens is 1. The van der Waals surface area contributed by atoms with Gasteiger partial charge in [0.05, 0.1) is 6.54 Å². The van der Waals surface area contributed by atoms with Crippen molar-refractivity contribution in [1.82, 2.24) is 15.3 Å². The summed E-state index contributed by atoms with van der Waals surface area (Å²) in [6.45, 7) is 6.20. The smallest absolute Gasteiger partial charge is 0.238 e. The molecule has 1 amide bonds. The summed E-state index contributed by atoms with van der Waals surface area (Å²) in [6, 6.07) is 21.6. The van der Waals surface area contributed by atoms with Crippen LogP contribution in [0.2, 0.25) is 0 Å². The van der Waals surface area contributed by atoms with E-state index in [2.05, 4.69) is 70.8 Å². The zero-order valence-electron chi connectivity index (χ0n) is 21.8. The van der Waals surface area contributed by atoms with Crippen LogP contribution in [-0.4, -0.2) is 22.4 Å². The van der Waals surface area contributed by atoms with Gasteiger partial charge in [-0.25, -0.2) is 9.37 Å². The minimum atomic E-state index is -0.311. The van der Waals surface area contributed by atoms with E-state index in [0.29, 0.717) is 11.3 Å². The summed E-state index contributed by atoms with van der Waals surface area (Å²) in [5.74, 6) is 0.424. The van der Waals surface area contributed by atoms with Gasteiger partial charge in [0.2, 0.25) is 5.91 Å². The third-order valence-electron chi connectivity index (χ3n) is 6.79. The Kier molecular flexibility index (Phi) is 8.51. The molecular formula is C31H35FN4O. The number of nitrogens with one attached hydrogen (secondary N) is 3. The molecule has 0 fully saturated rings. The molecule has 0 aliphatic rings. The van der Waals surface area contributed by atoms with Gasteiger partial charge >= 0.3 is 0 Å². The van der Waals surface area contributed by atoms with E-state index in [9.17, 15) is 9.18 Å². The van der Waals surface area contributed by atoms with Crippen LogP contribution >= 0.6 is 0 Å². The van der Waals surface area contributed by atoms with Crippen LogP contribution in [0.25, 0.3) is 22.5 Å². The molecule has 0 bridgehead atoms. The lowest BCUT2D eigenvalue weighted by Gasteiger charge is -2.35. The molecular weight excluding hydrogens is 463 g/mol. The maximum Gasteiger partial charge on any atom is 0.238 e. The predicted molar refractivity (Wildman–Crippen MR) is 149 cm³/mol. The summed E-state index contributed by atoms with van der Waals surface area (Å²) in [5, 5.41) is 6.48. The molecule has 0 saturated heterocycles. The molecule has 6 heteroatoms. The van der Waals surface area contributed by atoms with Crippen molar-refractivity contribution in [1.29, 1.82) is 0 Å². The molecule has 0 spiro atoms. The number of benzene rings is 3. The zero-order valence-corrected chi connectivity index (χ0v) is 21.8. The van der Waals surface area contributed by atoms with Gasteiger partial charge in [0.25, 0.3) is 0 Å². The third-order valence-corrected chi connectivity index (χ3v) is 6.79. The molecule has 0 aliphatic heterocycles. The van der Waals surface area contributed by atoms with E-state index in [1.165, 1.54) is 11.6 Å². The molecule has 3 aromatic carbocycles. The van der Waals surface area contributed by atoms with Gasteiger partial charge in [-0.05, 0) is 66.3 Å². The number of carbonyl (C=O) groups excluding carboxylic acids is 1. The number of nitrogens with zero attached hydrogens (tertiary/aromatic N) is 1. The van der Waals surface area contributed by atoms with Gasteiger partial charge in [-0.1, -0.05) is 69.2 Å². The van der Waals surface area contributed by atoms with Crippen LogP contribution in [0.4, 0.5) is 10.1 Å². The number of hydrogen-bond donors (Lipinski definition) is 3. The van der Waals surface area contributed by atoms with E-state index in [1.54, 1.807) is 25.3 Å². The number of imidazole rings is 1. The predicted octanol–water partition coefficient (Wildman–Crippen LogP) is 7.22. The number of amides is 1. The van der Waals surface area contributed by atoms with E-state index in [1.807, 2.05) is 18.3 Å². The van der Waals surface area contributed by atoms with Crippen LogP contribution in [0.1, 0.15) is 50.7 Å². The molecule has 0 saturated carbocycles. The first-order valence-electron chi connectivity index (χ1n) is 13.0. The van der Waals surface area contributed by atoms with Gasteiger partial charge in [0, 0.05) is 29.2 Å². The highest BCUT2D eigenvalue weighted by Crippen LogP contribution is 2.34. The maximum atomic E-state index is 13.6. The molecule has 37 heavy (non-hydrogen) atoms. The Morgan fingerprint density at radius 1 is 0.946 bits per heavy atom. The van der Waals surface area contributed by atoms with E-state index in [-0.39, 0.29) is 23.8 Å². The fourth-order valence-electron chi connectivity index (χ4n) is 4.97. The normalized spacial score (nSPS) is 11.5. The van der Waals surface area contributed by atoms with Crippen LogP contribution in [-0.2, 0) is 10.3 Å². The Morgan fingerprint density at radius 2 is 1.68 bits per heavy atom. The van der Waals surface area contributed by atoms with Gasteiger partial charge in [0.15, 0.2) is 0 Å². The molecule has 1 aromatic heterocycles. The molecule has 0 unspecified atom stereocenters. The van der Waals surface area contributed by atoms with Gasteiger partial charge < -0.3 is 10.3 Å². The van der Waals surface area contributed by atoms with Crippen LogP contribution in [0, 0.1) is 12.7 Å². The standard InChI is InChI=1S/C31H35FN4O/c1-4-15-31(16-5-2,35-21-29(37)36-27-13-14-28(32)22(3)19-27)26-11-9-23(10-12-26)24-7-6-8-25(20-24)30-33-17-18-34-30/h6-14,17-20,35H,4-5,15-16,21H2,1-3H3,(H,33,34)(H,36,37). The third kappa shape index (κ3) is 6.33. The van der Waals surface area contributed by atoms with Gasteiger partial charge in [-0.3, -0.25) is 10.1 Å². The van der Waals surface area contributed by atoms with Crippen molar-refractivity contribution < 1.29 is 9.18 Å². The minimum absolute atomic E-state index is 0.144. The summed E-state index contributed by atoms with van der Waals surface area (Å²) in [7, 11) is 0. The second-order valence-corrected chi connectivity index (χ2v) is 9.54. The van der Waals surface area contributed by atoms with Crippen molar-refractivity contribution in [2.24, 2.45) is 0 Å². The summed E-state index contributed by atoms with van der Waals surface area (Å²) in [6.07, 6.45) is 7.38. The molecule has 0 aliphatic carbocycles. The second-order valence-electron chi connectivity index (χ2n) is 9.54. The Morgan fingerprint density at radius 3 is 2.32 bits per heavy atom. The van der Waals surface area contributed by atoms with Crippen LogP contribution in [0.5, 0.6) is 0 Å². The van der Waals surface area contributed by atoms with E-state index >= 15 is 0 Å². The largest absolute Gasteiger partial charge is 0.345 e. The molecule has 4 rings (SSSR count). The Labute approximate surface area is 218 Å². The van der Waals surface area contributed by atoms with Crippen molar-refractivity contribution >= 4 is 11.6 Å². The number of anilines is 1. The monoisotopic (exact) mass is 498 g/mol. The number of aryl methyl sites for hydroxylation is 1. The number of aromatic nitrogens is 2. The van der Waals surface area contributed by atoms with E-state index < -0.39 is 0 Å². The van der Waals surface area contributed by atoms with Gasteiger partial charge in [-0.15, -0.1) is 0 Å². The van der Waals surface area contributed by atoms with Crippen LogP contribution in [0.15, 0.2) is 79.1 Å². The van der Waals surface area contributed by atoms with Crippen molar-refractivity contribution in [3.05, 3.63) is 96.1 Å². The Balaban J connectivity index is 1.53. The molecule has 4 aromatic rings. The quantitative estimate of drug-likeness (QED) is 0.205. The van der Waals surface area contributed by atoms with Crippen LogP contribution < -0.4 is 10.6 Å². The highest BCUT2D eigenvalue weighted by atomic mass is 19.1. The average molecular weight is 499 g/mol. The first kappa shape index (κ1) is 26.3. The van der Waals surface area contributed by atoms with E-state index in [4.69, 9.17) is 0 Å². The van der Waals surface area contributed by atoms with Crippen molar-refractivity contribution in [2.45, 2.75) is 52.0 Å².